The van der Waals surface area contributed by atoms with Gasteiger partial charge in [0.25, 0.3) is 0 Å². The van der Waals surface area contributed by atoms with Crippen LogP contribution in [0, 0.1) is 0 Å². The quantitative estimate of drug-likeness (QED) is 0.134. The maximum atomic E-state index is 4.72. The molecule has 1 aromatic heterocycles. The molecule has 0 amide bonds. The molecular weight excluding hydrogens is 661 g/mol. The van der Waals surface area contributed by atoms with Crippen molar-refractivity contribution in [2.24, 2.45) is 0 Å². The molecule has 0 spiro atoms. The first-order chi connectivity index (χ1) is 26.0. The highest BCUT2D eigenvalue weighted by Crippen LogP contribution is 2.49. The van der Waals surface area contributed by atoms with Gasteiger partial charge in [-0.2, -0.15) is 0 Å². The summed E-state index contributed by atoms with van der Waals surface area (Å²) in [6.07, 6.45) is 28.6. The summed E-state index contributed by atoms with van der Waals surface area (Å²) in [7, 11) is 0. The summed E-state index contributed by atoms with van der Waals surface area (Å²) in [4.78, 5) is 3.36. The Balaban J connectivity index is 1.51. The SMILES string of the molecule is C=C/C(=C\C=C/C)N1/C=C\C=C/C(=C)c2c1c(-c1ccc(C3C=CC=C(CC)C3SC(=C)/C=C\C)cc1)cc1c3ccccc3n(-c3ccccc3)c21. The topological polar surface area (TPSA) is 8.17 Å². The molecule has 2 atom stereocenters. The summed E-state index contributed by atoms with van der Waals surface area (Å²) in [5.74, 6) is 0.239. The molecule has 4 aromatic carbocycles. The highest BCUT2D eigenvalue weighted by molar-refractivity contribution is 8.04. The summed E-state index contributed by atoms with van der Waals surface area (Å²) < 4.78 is 2.40. The predicted molar refractivity (Wildman–Crippen MR) is 235 cm³/mol. The number of benzene rings is 4. The first-order valence-corrected chi connectivity index (χ1v) is 19.3. The molecule has 2 nitrogen and oxygen atoms in total. The Labute approximate surface area is 319 Å². The molecular formula is C50H46N2S. The Hall–Kier alpha value is -5.77. The molecule has 7 rings (SSSR count). The lowest BCUT2D eigenvalue weighted by Gasteiger charge is -2.31. The number of hydrogen-bond donors (Lipinski definition) is 0. The van der Waals surface area contributed by atoms with Crippen LogP contribution in [0.15, 0.2) is 200 Å². The van der Waals surface area contributed by atoms with Crippen molar-refractivity contribution in [1.82, 2.24) is 4.57 Å². The largest absolute Gasteiger partial charge is 0.316 e. The van der Waals surface area contributed by atoms with Crippen LogP contribution in [-0.2, 0) is 0 Å². The van der Waals surface area contributed by atoms with E-state index in [2.05, 4.69) is 188 Å². The predicted octanol–water partition coefficient (Wildman–Crippen LogP) is 14.2. The van der Waals surface area contributed by atoms with Crippen molar-refractivity contribution in [1.29, 1.82) is 0 Å². The normalized spacial score (nSPS) is 18.7. The summed E-state index contributed by atoms with van der Waals surface area (Å²) in [6, 6.07) is 31.0. The van der Waals surface area contributed by atoms with Gasteiger partial charge in [-0.05, 0) is 79.5 Å². The number of nitrogens with zero attached hydrogens (tertiary/aromatic N) is 2. The van der Waals surface area contributed by atoms with Gasteiger partial charge in [0, 0.05) is 55.6 Å². The molecule has 1 aliphatic carbocycles. The van der Waals surface area contributed by atoms with Gasteiger partial charge in [0.1, 0.15) is 0 Å². The van der Waals surface area contributed by atoms with Gasteiger partial charge in [0.05, 0.1) is 16.7 Å². The van der Waals surface area contributed by atoms with E-state index in [0.717, 1.165) is 61.7 Å². The van der Waals surface area contributed by atoms with Gasteiger partial charge >= 0.3 is 0 Å². The number of hydrogen-bond acceptors (Lipinski definition) is 2. The lowest BCUT2D eigenvalue weighted by Crippen LogP contribution is -2.19. The minimum atomic E-state index is 0.239. The van der Waals surface area contributed by atoms with Crippen LogP contribution >= 0.6 is 11.8 Å². The maximum Gasteiger partial charge on any atom is 0.0640 e. The summed E-state index contributed by atoms with van der Waals surface area (Å²) in [5.41, 5.74) is 12.5. The Morgan fingerprint density at radius 1 is 0.887 bits per heavy atom. The fourth-order valence-electron chi connectivity index (χ4n) is 7.61. The number of allylic oxidation sites excluding steroid dienone is 13. The van der Waals surface area contributed by atoms with Gasteiger partial charge < -0.3 is 9.47 Å². The molecule has 0 bridgehead atoms. The van der Waals surface area contributed by atoms with E-state index >= 15 is 0 Å². The third kappa shape index (κ3) is 6.81. The molecule has 53 heavy (non-hydrogen) atoms. The van der Waals surface area contributed by atoms with Crippen molar-refractivity contribution in [3.8, 4) is 16.8 Å². The highest BCUT2D eigenvalue weighted by Gasteiger charge is 2.29. The van der Waals surface area contributed by atoms with Crippen LogP contribution in [-0.4, -0.2) is 9.82 Å². The van der Waals surface area contributed by atoms with Crippen LogP contribution in [0.1, 0.15) is 44.2 Å². The fraction of sp³-hybridized carbons (Fsp3) is 0.120. The van der Waals surface area contributed by atoms with Gasteiger partial charge in [-0.15, -0.1) is 11.8 Å². The Bertz CT molecular complexity index is 2420. The second-order valence-electron chi connectivity index (χ2n) is 13.3. The Morgan fingerprint density at radius 3 is 2.40 bits per heavy atom. The third-order valence-electron chi connectivity index (χ3n) is 10.1. The zero-order chi connectivity index (χ0) is 36.9. The lowest BCUT2D eigenvalue weighted by molar-refractivity contribution is 0.802. The van der Waals surface area contributed by atoms with Crippen molar-refractivity contribution in [2.45, 2.75) is 38.4 Å². The van der Waals surface area contributed by atoms with E-state index in [1.807, 2.05) is 30.8 Å². The first kappa shape index (κ1) is 35.6. The minimum absolute atomic E-state index is 0.239. The average Bonchev–Trinajstić information content (AvgIpc) is 3.51. The molecule has 5 aromatic rings. The van der Waals surface area contributed by atoms with E-state index in [1.165, 1.54) is 21.9 Å². The van der Waals surface area contributed by atoms with E-state index in [9.17, 15) is 0 Å². The zero-order valence-electron chi connectivity index (χ0n) is 30.9. The van der Waals surface area contributed by atoms with Crippen molar-refractivity contribution in [3.05, 3.63) is 211 Å². The standard InChI is InChI=1S/C50H46N2S/c1-7-11-23-40(10-4)51-33-18-17-21-35(5)47-48(51)44(34-45-43-26-15-16-28-46(43)52(49(45)47)41-24-13-12-14-25-41)39-31-29-38(30-32-39)42-27-19-22-37(9-3)50(42)53-36(6)20-8-2/h7-8,10-34,42,50H,4-6,9H2,1-3H3/b11-7-,20-8-,21-17-,33-18-,40-23+. The molecule has 3 heteroatoms. The average molecular weight is 707 g/mol. The zero-order valence-corrected chi connectivity index (χ0v) is 31.7. The Morgan fingerprint density at radius 2 is 1.66 bits per heavy atom. The van der Waals surface area contributed by atoms with Crippen LogP contribution in [0.4, 0.5) is 5.69 Å². The molecule has 1 aliphatic heterocycles. The van der Waals surface area contributed by atoms with Gasteiger partial charge in [-0.1, -0.05) is 148 Å². The minimum Gasteiger partial charge on any atom is -0.316 e. The molecule has 0 saturated heterocycles. The van der Waals surface area contributed by atoms with E-state index in [1.54, 1.807) is 0 Å². The van der Waals surface area contributed by atoms with E-state index in [4.69, 9.17) is 6.58 Å². The lowest BCUT2D eigenvalue weighted by atomic mass is 9.85. The van der Waals surface area contributed by atoms with Crippen molar-refractivity contribution in [2.75, 3.05) is 4.90 Å². The highest BCUT2D eigenvalue weighted by atomic mass is 32.2. The second kappa shape index (κ2) is 15.9. The molecule has 0 fully saturated rings. The molecule has 2 heterocycles. The molecule has 0 radical (unpaired) electrons. The molecule has 262 valence electrons. The van der Waals surface area contributed by atoms with Crippen LogP contribution in [0.25, 0.3) is 44.2 Å². The van der Waals surface area contributed by atoms with Crippen LogP contribution in [0.2, 0.25) is 0 Å². The van der Waals surface area contributed by atoms with Crippen molar-refractivity contribution < 1.29 is 0 Å². The fourth-order valence-corrected chi connectivity index (χ4v) is 8.94. The van der Waals surface area contributed by atoms with Gasteiger partial charge in [-0.25, -0.2) is 0 Å². The van der Waals surface area contributed by atoms with E-state index < -0.39 is 0 Å². The van der Waals surface area contributed by atoms with Crippen molar-refractivity contribution in [3.63, 3.8) is 0 Å². The number of anilines is 1. The number of fused-ring (bicyclic) bond motifs is 5. The summed E-state index contributed by atoms with van der Waals surface area (Å²) in [6.45, 7) is 19.7. The van der Waals surface area contributed by atoms with Gasteiger partial charge in [-0.3, -0.25) is 0 Å². The smallest absolute Gasteiger partial charge is 0.0640 e. The Kier molecular flexibility index (Phi) is 10.7. The first-order valence-electron chi connectivity index (χ1n) is 18.4. The van der Waals surface area contributed by atoms with Crippen LogP contribution in [0.3, 0.4) is 0 Å². The van der Waals surface area contributed by atoms with E-state index in [-0.39, 0.29) is 5.92 Å². The van der Waals surface area contributed by atoms with E-state index in [0.29, 0.717) is 5.25 Å². The maximum absolute atomic E-state index is 4.72. The molecule has 2 unspecified atom stereocenters. The van der Waals surface area contributed by atoms with Crippen molar-refractivity contribution >= 4 is 44.8 Å². The molecule has 0 saturated carbocycles. The van der Waals surface area contributed by atoms with Gasteiger partial charge in [0.15, 0.2) is 0 Å². The second-order valence-corrected chi connectivity index (χ2v) is 14.5. The monoisotopic (exact) mass is 706 g/mol. The summed E-state index contributed by atoms with van der Waals surface area (Å²) >= 11 is 1.87. The molecule has 0 N–H and O–H groups in total. The van der Waals surface area contributed by atoms with Gasteiger partial charge in [0.2, 0.25) is 0 Å². The number of rotatable bonds is 10. The summed E-state index contributed by atoms with van der Waals surface area (Å²) in [5, 5.41) is 2.68. The van der Waals surface area contributed by atoms with Crippen LogP contribution < -0.4 is 4.90 Å². The number of para-hydroxylation sites is 2. The van der Waals surface area contributed by atoms with Crippen LogP contribution in [0.5, 0.6) is 0 Å². The number of aromatic nitrogens is 1. The third-order valence-corrected chi connectivity index (χ3v) is 11.4. The number of thioether (sulfide) groups is 1. The molecule has 2 aliphatic rings.